The van der Waals surface area contributed by atoms with Crippen LogP contribution in [0.15, 0.2) is 76.3 Å². The van der Waals surface area contributed by atoms with Crippen LogP contribution in [0.1, 0.15) is 17.5 Å². The van der Waals surface area contributed by atoms with Crippen LogP contribution in [0, 0.1) is 5.82 Å². The molecule has 0 aliphatic carbocycles. The number of hydrogen-bond donors (Lipinski definition) is 2. The van der Waals surface area contributed by atoms with Crippen LogP contribution in [-0.2, 0) is 33.5 Å². The number of fused-ring (bicyclic) bond motifs is 2. The number of aromatic nitrogens is 2. The highest BCUT2D eigenvalue weighted by Crippen LogP contribution is 2.31. The van der Waals surface area contributed by atoms with Crippen molar-refractivity contribution >= 4 is 38.2 Å². The van der Waals surface area contributed by atoms with E-state index in [4.69, 9.17) is 0 Å². The van der Waals surface area contributed by atoms with E-state index in [0.717, 1.165) is 5.56 Å². The molecule has 0 spiro atoms. The van der Waals surface area contributed by atoms with Gasteiger partial charge in [-0.2, -0.15) is 0 Å². The number of aryl methyl sites for hydroxylation is 1. The van der Waals surface area contributed by atoms with E-state index in [1.54, 1.807) is 53.4 Å². The third-order valence-corrected chi connectivity index (χ3v) is 7.54. The Morgan fingerprint density at radius 1 is 1.03 bits per heavy atom. The molecule has 1 aliphatic heterocycles. The minimum Gasteiger partial charge on any atom is -0.312 e. The van der Waals surface area contributed by atoms with Gasteiger partial charge in [-0.15, -0.1) is 0 Å². The van der Waals surface area contributed by atoms with E-state index in [0.29, 0.717) is 35.2 Å². The summed E-state index contributed by atoms with van der Waals surface area (Å²) < 4.78 is 42.9. The first-order valence-corrected chi connectivity index (χ1v) is 13.3. The van der Waals surface area contributed by atoms with Gasteiger partial charge in [-0.25, -0.2) is 17.6 Å². The normalized spacial score (nSPS) is 13.1. The molecule has 0 atom stereocenters. The van der Waals surface area contributed by atoms with Crippen molar-refractivity contribution in [2.45, 2.75) is 25.1 Å². The van der Waals surface area contributed by atoms with E-state index < -0.39 is 32.8 Å². The second kappa shape index (κ2) is 9.66. The summed E-state index contributed by atoms with van der Waals surface area (Å²) in [7, 11) is -3.85. The maximum absolute atomic E-state index is 13.9. The Labute approximate surface area is 211 Å². The first kappa shape index (κ1) is 24.4. The molecular weight excluding hydrogens is 499 g/mol. The predicted octanol–water partition coefficient (Wildman–Crippen LogP) is 2.75. The van der Waals surface area contributed by atoms with Gasteiger partial charge >= 0.3 is 5.69 Å². The largest absolute Gasteiger partial charge is 0.328 e. The number of nitrogens with one attached hydrogen (secondary N) is 2. The molecule has 0 saturated heterocycles. The summed E-state index contributed by atoms with van der Waals surface area (Å²) in [6.07, 6.45) is 0.567. The summed E-state index contributed by atoms with van der Waals surface area (Å²) in [4.78, 5) is 41.4. The number of H-pyrrole nitrogens is 1. The lowest BCUT2D eigenvalue weighted by molar-refractivity contribution is -0.118. The molecule has 37 heavy (non-hydrogen) atoms. The highest BCUT2D eigenvalue weighted by Gasteiger charge is 2.25. The van der Waals surface area contributed by atoms with Crippen LogP contribution in [0.25, 0.3) is 10.9 Å². The Morgan fingerprint density at radius 3 is 2.59 bits per heavy atom. The van der Waals surface area contributed by atoms with Gasteiger partial charge in [-0.1, -0.05) is 30.3 Å². The van der Waals surface area contributed by atoms with E-state index in [-0.39, 0.29) is 24.4 Å². The highest BCUT2D eigenvalue weighted by atomic mass is 32.2. The monoisotopic (exact) mass is 522 g/mol. The molecule has 2 heterocycles. The quantitative estimate of drug-likeness (QED) is 0.387. The average molecular weight is 523 g/mol. The first-order chi connectivity index (χ1) is 17.7. The van der Waals surface area contributed by atoms with Crippen LogP contribution in [0.3, 0.4) is 0 Å². The van der Waals surface area contributed by atoms with Crippen molar-refractivity contribution in [1.82, 2.24) is 9.55 Å². The first-order valence-electron chi connectivity index (χ1n) is 11.6. The standard InChI is InChI=1S/C26H23FN4O5S/c27-21-7-3-1-5-18(21)16-37(35,36)29-19-9-10-22-17(15-19)11-13-30(22)24(32)12-14-31-23-8-4-2-6-20(23)25(33)28-26(31)34/h1-10,15,29H,11-14,16H2,(H,28,33,34). The number of anilines is 2. The topological polar surface area (TPSA) is 121 Å². The van der Waals surface area contributed by atoms with Crippen LogP contribution < -0.4 is 20.9 Å². The lowest BCUT2D eigenvalue weighted by atomic mass is 10.1. The van der Waals surface area contributed by atoms with Gasteiger partial charge < -0.3 is 4.90 Å². The smallest absolute Gasteiger partial charge is 0.312 e. The number of carbonyl (C=O) groups is 1. The van der Waals surface area contributed by atoms with Crippen molar-refractivity contribution < 1.29 is 17.6 Å². The van der Waals surface area contributed by atoms with Crippen molar-refractivity contribution in [2.24, 2.45) is 0 Å². The number of amides is 1. The minimum absolute atomic E-state index is 0.0341. The van der Waals surface area contributed by atoms with Crippen LogP contribution in [0.5, 0.6) is 0 Å². The Balaban J connectivity index is 1.29. The van der Waals surface area contributed by atoms with E-state index in [2.05, 4.69) is 9.71 Å². The van der Waals surface area contributed by atoms with Crippen LogP contribution in [0.4, 0.5) is 15.8 Å². The minimum atomic E-state index is -3.85. The zero-order valence-electron chi connectivity index (χ0n) is 19.6. The molecule has 0 fully saturated rings. The Kier molecular flexibility index (Phi) is 6.38. The number of halogens is 1. The molecule has 3 aromatic carbocycles. The van der Waals surface area contributed by atoms with Crippen LogP contribution in [-0.4, -0.2) is 30.4 Å². The summed E-state index contributed by atoms with van der Waals surface area (Å²) in [5.41, 5.74) is 1.27. The number of hydrogen-bond acceptors (Lipinski definition) is 5. The molecule has 190 valence electrons. The summed E-state index contributed by atoms with van der Waals surface area (Å²) in [6, 6.07) is 17.3. The van der Waals surface area contributed by atoms with Gasteiger partial charge in [0.1, 0.15) is 5.82 Å². The van der Waals surface area contributed by atoms with Crippen LogP contribution >= 0.6 is 0 Å². The van der Waals surface area contributed by atoms with Crippen molar-refractivity contribution in [3.8, 4) is 0 Å². The molecule has 2 N–H and O–H groups in total. The fraction of sp³-hybridized carbons (Fsp3) is 0.192. The van der Waals surface area contributed by atoms with Gasteiger partial charge in [-0.3, -0.25) is 23.9 Å². The molecule has 0 saturated carbocycles. The summed E-state index contributed by atoms with van der Waals surface area (Å²) in [5, 5.41) is 0.367. The van der Waals surface area contributed by atoms with Crippen LogP contribution in [0.2, 0.25) is 0 Å². The zero-order chi connectivity index (χ0) is 26.2. The fourth-order valence-corrected chi connectivity index (χ4v) is 5.77. The number of sulfonamides is 1. The number of carbonyl (C=O) groups excluding carboxylic acids is 1. The van der Waals surface area contributed by atoms with E-state index in [1.807, 2.05) is 0 Å². The summed E-state index contributed by atoms with van der Waals surface area (Å²) in [6.45, 7) is 0.510. The van der Waals surface area contributed by atoms with Crippen molar-refractivity contribution in [1.29, 1.82) is 0 Å². The Bertz CT molecular complexity index is 1750. The molecule has 1 amide bonds. The average Bonchev–Trinajstić information content (AvgIpc) is 3.28. The molecule has 4 aromatic rings. The van der Waals surface area contributed by atoms with Gasteiger partial charge in [0.05, 0.1) is 16.7 Å². The van der Waals surface area contributed by atoms with Crippen molar-refractivity contribution in [2.75, 3.05) is 16.2 Å². The molecular formula is C26H23FN4O5S. The lowest BCUT2D eigenvalue weighted by Gasteiger charge is -2.18. The Hall–Kier alpha value is -4.25. The second-order valence-corrected chi connectivity index (χ2v) is 10.5. The summed E-state index contributed by atoms with van der Waals surface area (Å²) in [5.74, 6) is -1.29. The van der Waals surface area contributed by atoms with Crippen molar-refractivity contribution in [3.63, 3.8) is 0 Å². The molecule has 0 unspecified atom stereocenters. The zero-order valence-corrected chi connectivity index (χ0v) is 20.4. The van der Waals surface area contributed by atoms with E-state index >= 15 is 0 Å². The van der Waals surface area contributed by atoms with Gasteiger partial charge in [0.2, 0.25) is 15.9 Å². The van der Waals surface area contributed by atoms with Gasteiger partial charge in [0, 0.05) is 36.4 Å². The summed E-state index contributed by atoms with van der Waals surface area (Å²) >= 11 is 0. The SMILES string of the molecule is O=C(CCn1c(=O)[nH]c(=O)c2ccccc21)N1CCc2cc(NS(=O)(=O)Cc3ccccc3F)ccc21. The molecule has 11 heteroatoms. The number of aromatic amines is 1. The maximum atomic E-state index is 13.9. The number of benzene rings is 3. The fourth-order valence-electron chi connectivity index (χ4n) is 4.57. The maximum Gasteiger partial charge on any atom is 0.328 e. The van der Waals surface area contributed by atoms with E-state index in [1.165, 1.54) is 22.8 Å². The molecule has 9 nitrogen and oxygen atoms in total. The lowest BCUT2D eigenvalue weighted by Crippen LogP contribution is -2.34. The third-order valence-electron chi connectivity index (χ3n) is 6.31. The third kappa shape index (κ3) is 5.03. The predicted molar refractivity (Wildman–Crippen MR) is 139 cm³/mol. The Morgan fingerprint density at radius 2 is 1.78 bits per heavy atom. The van der Waals surface area contributed by atoms with Gasteiger partial charge in [0.25, 0.3) is 5.56 Å². The molecule has 0 radical (unpaired) electrons. The number of rotatable bonds is 7. The molecule has 5 rings (SSSR count). The molecule has 0 bridgehead atoms. The number of nitrogens with zero attached hydrogens (tertiary/aromatic N) is 2. The number of para-hydroxylation sites is 1. The van der Waals surface area contributed by atoms with Gasteiger partial charge in [-0.05, 0) is 48.4 Å². The van der Waals surface area contributed by atoms with E-state index in [9.17, 15) is 27.2 Å². The van der Waals surface area contributed by atoms with Crippen molar-refractivity contribution in [3.05, 3.63) is 105 Å². The molecule has 1 aliphatic rings. The highest BCUT2D eigenvalue weighted by molar-refractivity contribution is 7.91. The van der Waals surface area contributed by atoms with Gasteiger partial charge in [0.15, 0.2) is 0 Å². The molecule has 1 aromatic heterocycles. The second-order valence-electron chi connectivity index (χ2n) is 8.77.